The lowest BCUT2D eigenvalue weighted by atomic mass is 10.1. The average molecular weight is 384 g/mol. The summed E-state index contributed by atoms with van der Waals surface area (Å²) in [6.07, 6.45) is 3.60. The molecule has 0 atom stereocenters. The number of piperazine rings is 1. The molecule has 0 bridgehead atoms. The summed E-state index contributed by atoms with van der Waals surface area (Å²) in [5.41, 5.74) is 3.35. The molecule has 0 unspecified atom stereocenters. The van der Waals surface area contributed by atoms with E-state index in [4.69, 9.17) is 0 Å². The van der Waals surface area contributed by atoms with E-state index >= 15 is 0 Å². The Balaban J connectivity index is 1.62. The van der Waals surface area contributed by atoms with Gasteiger partial charge in [0.1, 0.15) is 0 Å². The SMILES string of the molecule is Cc1cc(N2CCN(c3ncccn3)CC2)c2cc(Br)ccc2n1. The van der Waals surface area contributed by atoms with Crippen LogP contribution in [0.15, 0.2) is 47.2 Å². The van der Waals surface area contributed by atoms with E-state index in [1.165, 1.54) is 11.1 Å². The lowest BCUT2D eigenvalue weighted by molar-refractivity contribution is 0.641. The number of aromatic nitrogens is 3. The highest BCUT2D eigenvalue weighted by Gasteiger charge is 2.20. The van der Waals surface area contributed by atoms with Crippen LogP contribution in [0.1, 0.15) is 5.69 Å². The van der Waals surface area contributed by atoms with Crippen LogP contribution in [0.25, 0.3) is 10.9 Å². The first-order chi connectivity index (χ1) is 11.7. The Bertz CT molecular complexity index is 860. The monoisotopic (exact) mass is 383 g/mol. The molecule has 4 rings (SSSR count). The van der Waals surface area contributed by atoms with Gasteiger partial charge in [-0.2, -0.15) is 0 Å². The number of halogens is 1. The molecule has 1 aliphatic rings. The first kappa shape index (κ1) is 15.3. The lowest BCUT2D eigenvalue weighted by Crippen LogP contribution is -2.47. The van der Waals surface area contributed by atoms with Crippen LogP contribution in [0.2, 0.25) is 0 Å². The van der Waals surface area contributed by atoms with Crippen LogP contribution >= 0.6 is 15.9 Å². The van der Waals surface area contributed by atoms with E-state index in [2.05, 4.69) is 65.8 Å². The van der Waals surface area contributed by atoms with Crippen molar-refractivity contribution in [3.63, 3.8) is 0 Å². The second-order valence-electron chi connectivity index (χ2n) is 5.97. The molecule has 0 aliphatic carbocycles. The van der Waals surface area contributed by atoms with E-state index in [1.807, 2.05) is 12.1 Å². The van der Waals surface area contributed by atoms with E-state index in [-0.39, 0.29) is 0 Å². The van der Waals surface area contributed by atoms with Crippen LogP contribution in [0.4, 0.5) is 11.6 Å². The van der Waals surface area contributed by atoms with Crippen molar-refractivity contribution >= 4 is 38.5 Å². The summed E-state index contributed by atoms with van der Waals surface area (Å²) in [7, 11) is 0. The molecule has 0 radical (unpaired) electrons. The molecular weight excluding hydrogens is 366 g/mol. The molecule has 5 nitrogen and oxygen atoms in total. The Labute approximate surface area is 149 Å². The molecule has 0 spiro atoms. The molecule has 1 aromatic carbocycles. The summed E-state index contributed by atoms with van der Waals surface area (Å²) < 4.78 is 1.08. The summed E-state index contributed by atoms with van der Waals surface area (Å²) in [6.45, 7) is 5.79. The van der Waals surface area contributed by atoms with Gasteiger partial charge in [-0.3, -0.25) is 4.98 Å². The third-order valence-corrected chi connectivity index (χ3v) is 4.83. The maximum Gasteiger partial charge on any atom is 0.225 e. The standard InChI is InChI=1S/C18H18BrN5/c1-13-11-17(15-12-14(19)3-4-16(15)22-13)23-7-9-24(10-8-23)18-20-5-2-6-21-18/h2-6,11-12H,7-10H2,1H3. The van der Waals surface area contributed by atoms with Gasteiger partial charge in [0.15, 0.2) is 0 Å². The molecule has 2 aromatic heterocycles. The van der Waals surface area contributed by atoms with E-state index in [0.29, 0.717) is 0 Å². The van der Waals surface area contributed by atoms with Gasteiger partial charge in [-0.1, -0.05) is 15.9 Å². The Hall–Kier alpha value is -2.21. The zero-order valence-corrected chi connectivity index (χ0v) is 15.1. The number of anilines is 2. The Kier molecular flexibility index (Phi) is 4.06. The number of hydrogen-bond acceptors (Lipinski definition) is 5. The van der Waals surface area contributed by atoms with Gasteiger partial charge in [-0.25, -0.2) is 9.97 Å². The number of benzene rings is 1. The fourth-order valence-corrected chi connectivity index (χ4v) is 3.53. The first-order valence-electron chi connectivity index (χ1n) is 8.04. The Morgan fingerprint density at radius 1 is 0.958 bits per heavy atom. The lowest BCUT2D eigenvalue weighted by Gasteiger charge is -2.36. The van der Waals surface area contributed by atoms with Crippen LogP contribution in [-0.4, -0.2) is 41.1 Å². The molecule has 122 valence electrons. The predicted molar refractivity (Wildman–Crippen MR) is 101 cm³/mol. The van der Waals surface area contributed by atoms with Crippen molar-refractivity contribution in [2.24, 2.45) is 0 Å². The van der Waals surface area contributed by atoms with Crippen molar-refractivity contribution in [3.8, 4) is 0 Å². The van der Waals surface area contributed by atoms with E-state index in [0.717, 1.165) is 47.8 Å². The molecule has 0 N–H and O–H groups in total. The molecule has 0 saturated carbocycles. The number of fused-ring (bicyclic) bond motifs is 1. The van der Waals surface area contributed by atoms with Gasteiger partial charge in [0.05, 0.1) is 5.52 Å². The van der Waals surface area contributed by atoms with Crippen LogP contribution in [-0.2, 0) is 0 Å². The van der Waals surface area contributed by atoms with Crippen LogP contribution in [0.5, 0.6) is 0 Å². The van der Waals surface area contributed by atoms with Crippen molar-refractivity contribution < 1.29 is 0 Å². The normalized spacial score (nSPS) is 15.1. The molecule has 6 heteroatoms. The quantitative estimate of drug-likeness (QED) is 0.678. The van der Waals surface area contributed by atoms with Crippen molar-refractivity contribution in [2.75, 3.05) is 36.0 Å². The fraction of sp³-hybridized carbons (Fsp3) is 0.278. The smallest absolute Gasteiger partial charge is 0.225 e. The van der Waals surface area contributed by atoms with Gasteiger partial charge in [0.2, 0.25) is 5.95 Å². The highest BCUT2D eigenvalue weighted by Crippen LogP contribution is 2.30. The zero-order valence-electron chi connectivity index (χ0n) is 13.5. The minimum atomic E-state index is 0.815. The van der Waals surface area contributed by atoms with Gasteiger partial charge in [0, 0.05) is 59.8 Å². The third kappa shape index (κ3) is 2.94. The van der Waals surface area contributed by atoms with Gasteiger partial charge < -0.3 is 9.80 Å². The summed E-state index contributed by atoms with van der Waals surface area (Å²) in [5, 5.41) is 1.19. The zero-order chi connectivity index (χ0) is 16.5. The molecule has 24 heavy (non-hydrogen) atoms. The highest BCUT2D eigenvalue weighted by molar-refractivity contribution is 9.10. The van der Waals surface area contributed by atoms with E-state index in [1.54, 1.807) is 12.4 Å². The molecule has 1 fully saturated rings. The minimum absolute atomic E-state index is 0.815. The van der Waals surface area contributed by atoms with Gasteiger partial charge in [0.25, 0.3) is 0 Å². The second kappa shape index (κ2) is 6.36. The number of pyridine rings is 1. The Morgan fingerprint density at radius 3 is 2.42 bits per heavy atom. The van der Waals surface area contributed by atoms with Crippen molar-refractivity contribution in [3.05, 3.63) is 52.9 Å². The third-order valence-electron chi connectivity index (χ3n) is 4.33. The Morgan fingerprint density at radius 2 is 1.67 bits per heavy atom. The predicted octanol–water partition coefficient (Wildman–Crippen LogP) is 3.42. The molecule has 1 aliphatic heterocycles. The van der Waals surface area contributed by atoms with Gasteiger partial charge in [-0.05, 0) is 37.3 Å². The maximum absolute atomic E-state index is 4.66. The average Bonchev–Trinajstić information content (AvgIpc) is 2.62. The highest BCUT2D eigenvalue weighted by atomic mass is 79.9. The summed E-state index contributed by atoms with van der Waals surface area (Å²) in [5.74, 6) is 0.815. The largest absolute Gasteiger partial charge is 0.367 e. The van der Waals surface area contributed by atoms with Crippen molar-refractivity contribution in [1.29, 1.82) is 0 Å². The summed E-state index contributed by atoms with van der Waals surface area (Å²) in [6, 6.07) is 10.3. The van der Waals surface area contributed by atoms with Gasteiger partial charge in [-0.15, -0.1) is 0 Å². The topological polar surface area (TPSA) is 45.2 Å². The molecule has 1 saturated heterocycles. The van der Waals surface area contributed by atoms with Crippen molar-refractivity contribution in [1.82, 2.24) is 15.0 Å². The number of nitrogens with zero attached hydrogens (tertiary/aromatic N) is 5. The molecule has 3 heterocycles. The summed E-state index contributed by atoms with van der Waals surface area (Å²) in [4.78, 5) is 18.0. The van der Waals surface area contributed by atoms with E-state index in [9.17, 15) is 0 Å². The number of rotatable bonds is 2. The fourth-order valence-electron chi connectivity index (χ4n) is 3.17. The van der Waals surface area contributed by atoms with Crippen LogP contribution in [0.3, 0.4) is 0 Å². The van der Waals surface area contributed by atoms with Crippen molar-refractivity contribution in [2.45, 2.75) is 6.92 Å². The number of aryl methyl sites for hydroxylation is 1. The molecular formula is C18H18BrN5. The van der Waals surface area contributed by atoms with Gasteiger partial charge >= 0.3 is 0 Å². The van der Waals surface area contributed by atoms with Crippen LogP contribution < -0.4 is 9.80 Å². The van der Waals surface area contributed by atoms with E-state index < -0.39 is 0 Å². The molecule has 3 aromatic rings. The number of hydrogen-bond donors (Lipinski definition) is 0. The second-order valence-corrected chi connectivity index (χ2v) is 6.88. The van der Waals surface area contributed by atoms with Crippen LogP contribution in [0, 0.1) is 6.92 Å². The first-order valence-corrected chi connectivity index (χ1v) is 8.84. The molecule has 0 amide bonds. The minimum Gasteiger partial charge on any atom is -0.367 e. The summed E-state index contributed by atoms with van der Waals surface area (Å²) >= 11 is 3.58. The maximum atomic E-state index is 4.66.